The maximum absolute atomic E-state index is 12.7. The van der Waals surface area contributed by atoms with Gasteiger partial charge in [-0.1, -0.05) is 6.92 Å². The van der Waals surface area contributed by atoms with Gasteiger partial charge in [0, 0.05) is 18.7 Å². The maximum atomic E-state index is 12.7. The molecule has 0 bridgehead atoms. The molecule has 1 aromatic carbocycles. The van der Waals surface area contributed by atoms with Crippen LogP contribution in [0.25, 0.3) is 0 Å². The molecule has 4 nitrogen and oxygen atoms in total. The third-order valence-corrected chi connectivity index (χ3v) is 3.35. The Morgan fingerprint density at radius 1 is 1.33 bits per heavy atom. The summed E-state index contributed by atoms with van der Waals surface area (Å²) in [5.41, 5.74) is 7.95. The summed E-state index contributed by atoms with van der Waals surface area (Å²) in [5, 5.41) is 2.68. The van der Waals surface area contributed by atoms with Gasteiger partial charge in [0.25, 0.3) is 0 Å². The van der Waals surface area contributed by atoms with Gasteiger partial charge in [-0.25, -0.2) is 0 Å². The predicted molar refractivity (Wildman–Crippen MR) is 76.4 cm³/mol. The van der Waals surface area contributed by atoms with Crippen molar-refractivity contribution in [3.63, 3.8) is 0 Å². The normalized spacial score (nSPS) is 14.6. The van der Waals surface area contributed by atoms with Crippen LogP contribution in [0.3, 0.4) is 0 Å². The van der Waals surface area contributed by atoms with E-state index in [1.807, 2.05) is 0 Å². The van der Waals surface area contributed by atoms with Crippen molar-refractivity contribution in [2.24, 2.45) is 0 Å². The Labute approximate surface area is 121 Å². The maximum Gasteiger partial charge on any atom is 0.405 e. The predicted octanol–water partition coefficient (Wildman–Crippen LogP) is 2.93. The van der Waals surface area contributed by atoms with Crippen molar-refractivity contribution >= 4 is 23.0 Å². The first-order valence-corrected chi connectivity index (χ1v) is 6.84. The van der Waals surface area contributed by atoms with Crippen LogP contribution >= 0.6 is 0 Å². The minimum Gasteiger partial charge on any atom is -0.397 e. The van der Waals surface area contributed by atoms with Crippen LogP contribution < -0.4 is 16.0 Å². The number of nitrogens with zero attached hydrogens (tertiary/aromatic N) is 1. The fourth-order valence-electron chi connectivity index (χ4n) is 2.48. The summed E-state index contributed by atoms with van der Waals surface area (Å²) < 4.78 is 38.1. The highest BCUT2D eigenvalue weighted by atomic mass is 19.4. The first-order chi connectivity index (χ1) is 9.80. The number of fused-ring (bicyclic) bond motifs is 1. The second-order valence-corrected chi connectivity index (χ2v) is 5.15. The highest BCUT2D eigenvalue weighted by Crippen LogP contribution is 2.34. The van der Waals surface area contributed by atoms with E-state index in [-0.39, 0.29) is 12.5 Å². The zero-order chi connectivity index (χ0) is 15.6. The lowest BCUT2D eigenvalue weighted by molar-refractivity contribution is -0.120. The van der Waals surface area contributed by atoms with Gasteiger partial charge in [-0.3, -0.25) is 4.79 Å². The van der Waals surface area contributed by atoms with Crippen LogP contribution in [0.15, 0.2) is 12.1 Å². The Balaban J connectivity index is 2.36. The van der Waals surface area contributed by atoms with E-state index in [0.29, 0.717) is 36.3 Å². The molecule has 0 saturated carbocycles. The van der Waals surface area contributed by atoms with E-state index >= 15 is 0 Å². The fourth-order valence-corrected chi connectivity index (χ4v) is 2.48. The van der Waals surface area contributed by atoms with E-state index in [9.17, 15) is 18.0 Å². The topological polar surface area (TPSA) is 58.4 Å². The molecular formula is C14H18F3N3O. The largest absolute Gasteiger partial charge is 0.405 e. The van der Waals surface area contributed by atoms with E-state index in [4.69, 9.17) is 5.73 Å². The Bertz CT molecular complexity index is 543. The third-order valence-electron chi connectivity index (χ3n) is 3.35. The van der Waals surface area contributed by atoms with Gasteiger partial charge in [0.15, 0.2) is 0 Å². The number of amides is 1. The third kappa shape index (κ3) is 3.80. The van der Waals surface area contributed by atoms with E-state index in [0.717, 1.165) is 5.56 Å². The SMILES string of the molecule is CCCN(CC(F)(F)F)c1cc2c(cc1N)CCC(=O)N2. The Morgan fingerprint density at radius 3 is 2.67 bits per heavy atom. The van der Waals surface area contributed by atoms with Crippen LogP contribution in [0.5, 0.6) is 0 Å². The Hall–Kier alpha value is -1.92. The molecule has 0 atom stereocenters. The molecule has 0 aromatic heterocycles. The molecule has 0 radical (unpaired) electrons. The summed E-state index contributed by atoms with van der Waals surface area (Å²) in [6, 6.07) is 3.20. The van der Waals surface area contributed by atoms with E-state index in [2.05, 4.69) is 5.32 Å². The molecule has 2 rings (SSSR count). The average molecular weight is 301 g/mol. The summed E-state index contributed by atoms with van der Waals surface area (Å²) in [7, 11) is 0. The molecule has 1 aliphatic heterocycles. The Kier molecular flexibility index (Phi) is 4.29. The van der Waals surface area contributed by atoms with Crippen LogP contribution in [-0.4, -0.2) is 25.2 Å². The molecule has 0 saturated heterocycles. The minimum atomic E-state index is -4.30. The van der Waals surface area contributed by atoms with Crippen LogP contribution in [0.1, 0.15) is 25.3 Å². The lowest BCUT2D eigenvalue weighted by Gasteiger charge is -2.29. The zero-order valence-electron chi connectivity index (χ0n) is 11.8. The number of hydrogen-bond acceptors (Lipinski definition) is 3. The van der Waals surface area contributed by atoms with Crippen LogP contribution in [-0.2, 0) is 11.2 Å². The van der Waals surface area contributed by atoms with Crippen molar-refractivity contribution in [2.45, 2.75) is 32.4 Å². The van der Waals surface area contributed by atoms with Crippen molar-refractivity contribution in [1.82, 2.24) is 0 Å². The van der Waals surface area contributed by atoms with E-state index in [1.165, 1.54) is 4.90 Å². The number of benzene rings is 1. The molecule has 1 aromatic rings. The van der Waals surface area contributed by atoms with Crippen LogP contribution in [0.4, 0.5) is 30.2 Å². The Morgan fingerprint density at radius 2 is 2.05 bits per heavy atom. The number of anilines is 3. The minimum absolute atomic E-state index is 0.129. The quantitative estimate of drug-likeness (QED) is 0.841. The summed E-state index contributed by atoms with van der Waals surface area (Å²) in [6.45, 7) is 0.994. The number of carbonyl (C=O) groups is 1. The van der Waals surface area contributed by atoms with Gasteiger partial charge < -0.3 is 16.0 Å². The standard InChI is InChI=1S/C14H18F3N3O/c1-2-5-20(8-14(15,16)17)12-7-11-9(6-10(12)18)3-4-13(21)19-11/h6-7H,2-5,8,18H2,1H3,(H,19,21). The highest BCUT2D eigenvalue weighted by Gasteiger charge is 2.31. The highest BCUT2D eigenvalue weighted by molar-refractivity contribution is 5.95. The molecule has 0 aliphatic carbocycles. The number of carbonyl (C=O) groups excluding carboxylic acids is 1. The zero-order valence-corrected chi connectivity index (χ0v) is 11.8. The number of aryl methyl sites for hydroxylation is 1. The first kappa shape index (κ1) is 15.5. The first-order valence-electron chi connectivity index (χ1n) is 6.84. The average Bonchev–Trinajstić information content (AvgIpc) is 2.36. The summed E-state index contributed by atoms with van der Waals surface area (Å²) in [6.07, 6.45) is -2.81. The van der Waals surface area contributed by atoms with Crippen molar-refractivity contribution in [2.75, 3.05) is 29.0 Å². The number of rotatable bonds is 4. The molecule has 116 valence electrons. The molecule has 3 N–H and O–H groups in total. The van der Waals surface area contributed by atoms with E-state index < -0.39 is 12.7 Å². The lowest BCUT2D eigenvalue weighted by atomic mass is 10.0. The van der Waals surface area contributed by atoms with Gasteiger partial charge in [-0.15, -0.1) is 0 Å². The number of alkyl halides is 3. The molecular weight excluding hydrogens is 283 g/mol. The van der Waals surface area contributed by atoms with Gasteiger partial charge in [-0.05, 0) is 30.5 Å². The van der Waals surface area contributed by atoms with Gasteiger partial charge in [0.05, 0.1) is 11.4 Å². The van der Waals surface area contributed by atoms with E-state index in [1.54, 1.807) is 19.1 Å². The van der Waals surface area contributed by atoms with Crippen LogP contribution in [0.2, 0.25) is 0 Å². The second-order valence-electron chi connectivity index (χ2n) is 5.15. The lowest BCUT2D eigenvalue weighted by Crippen LogP contribution is -2.35. The van der Waals surface area contributed by atoms with Gasteiger partial charge >= 0.3 is 6.18 Å². The van der Waals surface area contributed by atoms with Gasteiger partial charge in [0.1, 0.15) is 6.54 Å². The monoisotopic (exact) mass is 301 g/mol. The molecule has 0 unspecified atom stereocenters. The second kappa shape index (κ2) is 5.83. The molecule has 1 aliphatic rings. The van der Waals surface area contributed by atoms with Crippen LogP contribution in [0, 0.1) is 0 Å². The number of nitrogens with two attached hydrogens (primary N) is 1. The molecule has 7 heteroatoms. The number of hydrogen-bond donors (Lipinski definition) is 2. The summed E-state index contributed by atoms with van der Waals surface area (Å²) in [4.78, 5) is 12.6. The number of halogens is 3. The molecule has 21 heavy (non-hydrogen) atoms. The molecule has 1 heterocycles. The van der Waals surface area contributed by atoms with Crippen molar-refractivity contribution in [1.29, 1.82) is 0 Å². The molecule has 0 spiro atoms. The van der Waals surface area contributed by atoms with Gasteiger partial charge in [0.2, 0.25) is 5.91 Å². The molecule has 1 amide bonds. The van der Waals surface area contributed by atoms with Crippen molar-refractivity contribution in [3.8, 4) is 0 Å². The summed E-state index contributed by atoms with van der Waals surface area (Å²) in [5.74, 6) is -0.129. The van der Waals surface area contributed by atoms with Crippen molar-refractivity contribution in [3.05, 3.63) is 17.7 Å². The smallest absolute Gasteiger partial charge is 0.397 e. The number of nitrogen functional groups attached to an aromatic ring is 1. The summed E-state index contributed by atoms with van der Waals surface area (Å²) >= 11 is 0. The fraction of sp³-hybridized carbons (Fsp3) is 0.500. The molecule has 0 fully saturated rings. The van der Waals surface area contributed by atoms with Crippen molar-refractivity contribution < 1.29 is 18.0 Å². The van der Waals surface area contributed by atoms with Gasteiger partial charge in [-0.2, -0.15) is 13.2 Å². The number of nitrogens with one attached hydrogen (secondary N) is 1.